The second-order valence-corrected chi connectivity index (χ2v) is 9.32. The Morgan fingerprint density at radius 2 is 2.19 bits per heavy atom. The average Bonchev–Trinajstić information content (AvgIpc) is 3.13. The Morgan fingerprint density at radius 1 is 1.46 bits per heavy atom. The molecule has 0 aliphatic carbocycles. The van der Waals surface area contributed by atoms with E-state index >= 15 is 0 Å². The summed E-state index contributed by atoms with van der Waals surface area (Å²) in [4.78, 5) is 7.29. The first-order valence-corrected chi connectivity index (χ1v) is 10.9. The Bertz CT molecular complexity index is 709. The maximum Gasteiger partial charge on any atom is 0.252 e. The van der Waals surface area contributed by atoms with Gasteiger partial charge in [-0.15, -0.1) is 17.9 Å². The largest absolute Gasteiger partial charge is 0.379 e. The second-order valence-electron chi connectivity index (χ2n) is 5.99. The molecule has 146 valence electrons. The molecule has 0 spiro atoms. The van der Waals surface area contributed by atoms with Gasteiger partial charge in [-0.25, -0.2) is 8.42 Å². The van der Waals surface area contributed by atoms with Gasteiger partial charge < -0.3 is 15.0 Å². The van der Waals surface area contributed by atoms with Gasteiger partial charge in [-0.3, -0.25) is 4.99 Å². The summed E-state index contributed by atoms with van der Waals surface area (Å²) < 4.78 is 32.4. The highest BCUT2D eigenvalue weighted by Gasteiger charge is 2.27. The molecule has 26 heavy (non-hydrogen) atoms. The molecule has 0 unspecified atom stereocenters. The van der Waals surface area contributed by atoms with Crippen LogP contribution in [-0.4, -0.2) is 70.5 Å². The van der Waals surface area contributed by atoms with Crippen molar-refractivity contribution in [3.63, 3.8) is 0 Å². The van der Waals surface area contributed by atoms with Gasteiger partial charge in [0.25, 0.3) is 10.0 Å². The molecule has 1 aliphatic heterocycles. The van der Waals surface area contributed by atoms with Crippen molar-refractivity contribution in [3.8, 4) is 0 Å². The summed E-state index contributed by atoms with van der Waals surface area (Å²) >= 11 is 1.30. The highest BCUT2D eigenvalue weighted by Crippen LogP contribution is 2.25. The third-order valence-electron chi connectivity index (χ3n) is 4.10. The lowest BCUT2D eigenvalue weighted by molar-refractivity contribution is 0.0731. The van der Waals surface area contributed by atoms with Crippen LogP contribution in [0, 0.1) is 0 Å². The fourth-order valence-corrected chi connectivity index (χ4v) is 5.49. The van der Waals surface area contributed by atoms with Gasteiger partial charge in [0.1, 0.15) is 4.21 Å². The van der Waals surface area contributed by atoms with Crippen LogP contribution in [0.2, 0.25) is 0 Å². The Morgan fingerprint density at radius 3 is 2.85 bits per heavy atom. The van der Waals surface area contributed by atoms with Crippen molar-refractivity contribution in [2.45, 2.75) is 23.6 Å². The zero-order chi connectivity index (χ0) is 19.0. The molecular weight excluding hydrogens is 372 g/mol. The quantitative estimate of drug-likeness (QED) is 0.311. The van der Waals surface area contributed by atoms with E-state index in [1.807, 2.05) is 19.2 Å². The zero-order valence-electron chi connectivity index (χ0n) is 15.5. The van der Waals surface area contributed by atoms with E-state index in [2.05, 4.69) is 21.8 Å². The fraction of sp³-hybridized carbons (Fsp3) is 0.588. The van der Waals surface area contributed by atoms with Crippen molar-refractivity contribution in [3.05, 3.63) is 29.7 Å². The van der Waals surface area contributed by atoms with Crippen molar-refractivity contribution in [1.29, 1.82) is 0 Å². The number of nitrogens with zero attached hydrogens (tertiary/aromatic N) is 3. The summed E-state index contributed by atoms with van der Waals surface area (Å²) in [5.41, 5.74) is 0. The second kappa shape index (κ2) is 10.1. The van der Waals surface area contributed by atoms with Crippen LogP contribution in [0.4, 0.5) is 0 Å². The van der Waals surface area contributed by atoms with Gasteiger partial charge in [-0.05, 0) is 25.0 Å². The van der Waals surface area contributed by atoms with E-state index in [0.717, 1.165) is 30.2 Å². The molecule has 1 aliphatic rings. The molecule has 1 fully saturated rings. The maximum absolute atomic E-state index is 12.7. The first-order valence-electron chi connectivity index (χ1n) is 8.68. The number of sulfonamides is 1. The van der Waals surface area contributed by atoms with E-state index in [0.29, 0.717) is 37.1 Å². The molecule has 7 nitrogen and oxygen atoms in total. The number of thiophene rings is 1. The van der Waals surface area contributed by atoms with Crippen LogP contribution in [0.3, 0.4) is 0 Å². The van der Waals surface area contributed by atoms with Gasteiger partial charge in [0.05, 0.1) is 19.8 Å². The van der Waals surface area contributed by atoms with Crippen molar-refractivity contribution < 1.29 is 13.2 Å². The molecule has 0 saturated carbocycles. The van der Waals surface area contributed by atoms with Gasteiger partial charge in [-0.2, -0.15) is 4.31 Å². The lowest BCUT2D eigenvalue weighted by Gasteiger charge is -2.25. The molecule has 1 N–H and O–H groups in total. The summed E-state index contributed by atoms with van der Waals surface area (Å²) in [5, 5.41) is 3.29. The van der Waals surface area contributed by atoms with E-state index in [1.54, 1.807) is 13.1 Å². The van der Waals surface area contributed by atoms with E-state index in [-0.39, 0.29) is 0 Å². The van der Waals surface area contributed by atoms with E-state index in [4.69, 9.17) is 4.74 Å². The number of hydrogen-bond acceptors (Lipinski definition) is 5. The first kappa shape index (κ1) is 20.9. The minimum atomic E-state index is -3.42. The van der Waals surface area contributed by atoms with Gasteiger partial charge in [0.2, 0.25) is 0 Å². The van der Waals surface area contributed by atoms with Crippen LogP contribution in [0.15, 0.2) is 34.0 Å². The van der Waals surface area contributed by atoms with Crippen molar-refractivity contribution in [2.75, 3.05) is 46.9 Å². The topological polar surface area (TPSA) is 74.2 Å². The van der Waals surface area contributed by atoms with Crippen molar-refractivity contribution in [2.24, 2.45) is 4.99 Å². The molecule has 0 amide bonds. The molecule has 2 rings (SSSR count). The summed E-state index contributed by atoms with van der Waals surface area (Å²) in [6, 6.07) is 3.54. The van der Waals surface area contributed by atoms with Crippen LogP contribution in [0.25, 0.3) is 0 Å². The van der Waals surface area contributed by atoms with E-state index < -0.39 is 10.0 Å². The standard InChI is InChI=1S/C17H28N4O3S2/c1-4-5-6-9-20(3)17(18-2)19-14-15-7-8-16(25-15)26(22,23)21-10-12-24-13-11-21/h4,7-8H,1,5-6,9-14H2,2-3H3,(H,18,19). The number of guanidine groups is 1. The molecule has 0 atom stereocenters. The molecule has 9 heteroatoms. The normalized spacial score (nSPS) is 16.5. The summed E-state index contributed by atoms with van der Waals surface area (Å²) in [7, 11) is 0.310. The number of ether oxygens (including phenoxy) is 1. The predicted molar refractivity (Wildman–Crippen MR) is 106 cm³/mol. The molecule has 0 aromatic carbocycles. The summed E-state index contributed by atoms with van der Waals surface area (Å²) in [6.45, 7) is 6.89. The van der Waals surface area contributed by atoms with Crippen LogP contribution in [0.1, 0.15) is 17.7 Å². The fourth-order valence-electron chi connectivity index (χ4n) is 2.64. The number of allylic oxidation sites excluding steroid dienone is 1. The minimum absolute atomic E-state index is 0.380. The predicted octanol–water partition coefficient (Wildman–Crippen LogP) is 1.74. The van der Waals surface area contributed by atoms with Gasteiger partial charge in [-0.1, -0.05) is 6.08 Å². The third kappa shape index (κ3) is 5.54. The summed E-state index contributed by atoms with van der Waals surface area (Å²) in [5.74, 6) is 0.792. The minimum Gasteiger partial charge on any atom is -0.379 e. The molecule has 0 radical (unpaired) electrons. The smallest absolute Gasteiger partial charge is 0.252 e. The van der Waals surface area contributed by atoms with Crippen LogP contribution >= 0.6 is 11.3 Å². The SMILES string of the molecule is C=CCCCN(C)C(=NC)NCc1ccc(S(=O)(=O)N2CCOCC2)s1. The lowest BCUT2D eigenvalue weighted by atomic mass is 10.3. The van der Waals surface area contributed by atoms with Gasteiger partial charge in [0, 0.05) is 38.6 Å². The molecule has 1 aromatic rings. The average molecular weight is 401 g/mol. The van der Waals surface area contributed by atoms with E-state index in [9.17, 15) is 8.42 Å². The molecule has 1 saturated heterocycles. The highest BCUT2D eigenvalue weighted by atomic mass is 32.2. The van der Waals surface area contributed by atoms with Crippen molar-refractivity contribution >= 4 is 27.3 Å². The lowest BCUT2D eigenvalue weighted by Crippen LogP contribution is -2.40. The maximum atomic E-state index is 12.7. The van der Waals surface area contributed by atoms with Crippen molar-refractivity contribution in [1.82, 2.24) is 14.5 Å². The number of unbranched alkanes of at least 4 members (excludes halogenated alkanes) is 1. The molecular formula is C17H28N4O3S2. The Kier molecular flexibility index (Phi) is 8.08. The highest BCUT2D eigenvalue weighted by molar-refractivity contribution is 7.91. The van der Waals surface area contributed by atoms with Crippen LogP contribution in [0.5, 0.6) is 0 Å². The Labute approximate surface area is 160 Å². The zero-order valence-corrected chi connectivity index (χ0v) is 17.1. The number of aliphatic imine (C=N–C) groups is 1. The number of rotatable bonds is 8. The third-order valence-corrected chi connectivity index (χ3v) is 7.55. The molecule has 1 aromatic heterocycles. The van der Waals surface area contributed by atoms with E-state index in [1.165, 1.54) is 15.6 Å². The van der Waals surface area contributed by atoms with Crippen LogP contribution in [-0.2, 0) is 21.3 Å². The summed E-state index contributed by atoms with van der Waals surface area (Å²) in [6.07, 6.45) is 3.89. The number of nitrogens with one attached hydrogen (secondary N) is 1. The number of morpholine rings is 1. The first-order chi connectivity index (χ1) is 12.5. The molecule has 0 bridgehead atoms. The van der Waals surface area contributed by atoms with Gasteiger partial charge in [0.15, 0.2) is 5.96 Å². The van der Waals surface area contributed by atoms with Crippen LogP contribution < -0.4 is 5.32 Å². The Balaban J connectivity index is 1.93. The van der Waals surface area contributed by atoms with Gasteiger partial charge >= 0.3 is 0 Å². The molecule has 2 heterocycles. The Hall–Kier alpha value is -1.42. The number of hydrogen-bond donors (Lipinski definition) is 1. The monoisotopic (exact) mass is 400 g/mol.